The zero-order valence-electron chi connectivity index (χ0n) is 6.15. The number of hydrogen-bond donors (Lipinski definition) is 1. The van der Waals surface area contributed by atoms with E-state index < -0.39 is 0 Å². The van der Waals surface area contributed by atoms with Gasteiger partial charge in [0, 0.05) is 0 Å². The first kappa shape index (κ1) is 7.21. The monoisotopic (exact) mass is 141 g/mol. The SMILES string of the molecule is CC(C)(CO)n1cnnc1. The Balaban J connectivity index is 2.85. The van der Waals surface area contributed by atoms with Crippen LogP contribution in [0.3, 0.4) is 0 Å². The first-order valence-electron chi connectivity index (χ1n) is 3.13. The molecule has 0 aliphatic carbocycles. The molecule has 4 heteroatoms. The lowest BCUT2D eigenvalue weighted by atomic mass is 10.1. The van der Waals surface area contributed by atoms with Crippen LogP contribution < -0.4 is 0 Å². The molecule has 10 heavy (non-hydrogen) atoms. The minimum atomic E-state index is -0.288. The van der Waals surface area contributed by atoms with Gasteiger partial charge in [-0.3, -0.25) is 0 Å². The van der Waals surface area contributed by atoms with Crippen LogP contribution in [0.1, 0.15) is 13.8 Å². The maximum atomic E-state index is 8.89. The van der Waals surface area contributed by atoms with Crippen molar-refractivity contribution < 1.29 is 5.11 Å². The highest BCUT2D eigenvalue weighted by atomic mass is 16.3. The van der Waals surface area contributed by atoms with Gasteiger partial charge >= 0.3 is 0 Å². The largest absolute Gasteiger partial charge is 0.394 e. The standard InChI is InChI=1S/C6H11N3O/c1-6(2,3-10)9-4-7-8-5-9/h4-5,10H,3H2,1-2H3. The summed E-state index contributed by atoms with van der Waals surface area (Å²) in [5.74, 6) is 0. The fourth-order valence-corrected chi connectivity index (χ4v) is 0.595. The Hall–Kier alpha value is -0.900. The van der Waals surface area contributed by atoms with Crippen molar-refractivity contribution >= 4 is 0 Å². The zero-order valence-corrected chi connectivity index (χ0v) is 6.15. The van der Waals surface area contributed by atoms with Crippen molar-refractivity contribution in [2.75, 3.05) is 6.61 Å². The summed E-state index contributed by atoms with van der Waals surface area (Å²) in [4.78, 5) is 0. The highest BCUT2D eigenvalue weighted by Gasteiger charge is 2.17. The van der Waals surface area contributed by atoms with Crippen LogP contribution in [0.4, 0.5) is 0 Å². The summed E-state index contributed by atoms with van der Waals surface area (Å²) in [6, 6.07) is 0. The molecule has 0 amide bonds. The number of rotatable bonds is 2. The molecule has 56 valence electrons. The molecular formula is C6H11N3O. The molecule has 0 fully saturated rings. The highest BCUT2D eigenvalue weighted by molar-refractivity contribution is 4.79. The van der Waals surface area contributed by atoms with Crippen molar-refractivity contribution in [2.45, 2.75) is 19.4 Å². The van der Waals surface area contributed by atoms with E-state index in [-0.39, 0.29) is 12.1 Å². The van der Waals surface area contributed by atoms with Gasteiger partial charge in [0.15, 0.2) is 0 Å². The summed E-state index contributed by atoms with van der Waals surface area (Å²) in [6.07, 6.45) is 3.19. The van der Waals surface area contributed by atoms with Crippen molar-refractivity contribution in [2.24, 2.45) is 0 Å². The molecule has 0 aliphatic rings. The van der Waals surface area contributed by atoms with E-state index in [0.717, 1.165) is 0 Å². The lowest BCUT2D eigenvalue weighted by Gasteiger charge is -2.22. The zero-order chi connectivity index (χ0) is 7.61. The molecule has 0 bridgehead atoms. The number of aliphatic hydroxyl groups excluding tert-OH is 1. The number of nitrogens with zero attached hydrogens (tertiary/aromatic N) is 3. The lowest BCUT2D eigenvalue weighted by molar-refractivity contribution is 0.164. The Morgan fingerprint density at radius 1 is 1.40 bits per heavy atom. The van der Waals surface area contributed by atoms with Crippen molar-refractivity contribution in [3.8, 4) is 0 Å². The second-order valence-electron chi connectivity index (χ2n) is 2.84. The number of aromatic nitrogens is 3. The van der Waals surface area contributed by atoms with Gasteiger partial charge in [-0.2, -0.15) is 0 Å². The van der Waals surface area contributed by atoms with Crippen molar-refractivity contribution in [3.63, 3.8) is 0 Å². The number of hydrogen-bond acceptors (Lipinski definition) is 3. The Kier molecular flexibility index (Phi) is 1.72. The quantitative estimate of drug-likeness (QED) is 0.631. The van der Waals surface area contributed by atoms with E-state index in [4.69, 9.17) is 5.11 Å². The van der Waals surface area contributed by atoms with Crippen molar-refractivity contribution in [1.29, 1.82) is 0 Å². The fraction of sp³-hybridized carbons (Fsp3) is 0.667. The Morgan fingerprint density at radius 3 is 2.30 bits per heavy atom. The number of aliphatic hydroxyl groups is 1. The topological polar surface area (TPSA) is 50.9 Å². The molecule has 1 aromatic heterocycles. The van der Waals surface area contributed by atoms with E-state index >= 15 is 0 Å². The first-order valence-corrected chi connectivity index (χ1v) is 3.13. The molecule has 0 saturated carbocycles. The maximum absolute atomic E-state index is 8.89. The Morgan fingerprint density at radius 2 is 1.90 bits per heavy atom. The molecule has 0 spiro atoms. The molecule has 1 heterocycles. The molecule has 4 nitrogen and oxygen atoms in total. The van der Waals surface area contributed by atoms with Crippen LogP contribution >= 0.6 is 0 Å². The van der Waals surface area contributed by atoms with Gasteiger partial charge < -0.3 is 9.67 Å². The molecule has 0 aromatic carbocycles. The Bertz CT molecular complexity index is 193. The van der Waals surface area contributed by atoms with Gasteiger partial charge in [0.25, 0.3) is 0 Å². The molecule has 1 N–H and O–H groups in total. The van der Waals surface area contributed by atoms with Gasteiger partial charge in [-0.05, 0) is 13.8 Å². The van der Waals surface area contributed by atoms with E-state index in [0.29, 0.717) is 0 Å². The van der Waals surface area contributed by atoms with Gasteiger partial charge in [-0.1, -0.05) is 0 Å². The molecule has 1 rings (SSSR count). The summed E-state index contributed by atoms with van der Waals surface area (Å²) in [7, 11) is 0. The average molecular weight is 141 g/mol. The van der Waals surface area contributed by atoms with E-state index in [1.54, 1.807) is 17.2 Å². The van der Waals surface area contributed by atoms with E-state index in [1.807, 2.05) is 13.8 Å². The lowest BCUT2D eigenvalue weighted by Crippen LogP contribution is -2.29. The summed E-state index contributed by atoms with van der Waals surface area (Å²) >= 11 is 0. The van der Waals surface area contributed by atoms with Crippen LogP contribution in [0, 0.1) is 0 Å². The summed E-state index contributed by atoms with van der Waals surface area (Å²) in [5.41, 5.74) is -0.288. The summed E-state index contributed by atoms with van der Waals surface area (Å²) in [5, 5.41) is 16.2. The third kappa shape index (κ3) is 1.16. The molecule has 0 aliphatic heterocycles. The third-order valence-electron chi connectivity index (χ3n) is 1.50. The summed E-state index contributed by atoms with van der Waals surface area (Å²) in [6.45, 7) is 3.91. The van der Waals surface area contributed by atoms with E-state index in [9.17, 15) is 0 Å². The second kappa shape index (κ2) is 2.38. The average Bonchev–Trinajstić information content (AvgIpc) is 2.38. The van der Waals surface area contributed by atoms with Crippen molar-refractivity contribution in [1.82, 2.24) is 14.8 Å². The normalized spacial score (nSPS) is 11.9. The smallest absolute Gasteiger partial charge is 0.119 e. The molecule has 0 atom stereocenters. The first-order chi connectivity index (χ1) is 4.67. The predicted molar refractivity (Wildman–Crippen MR) is 36.4 cm³/mol. The molecule has 0 unspecified atom stereocenters. The van der Waals surface area contributed by atoms with Crippen LogP contribution in [0.2, 0.25) is 0 Å². The molecule has 1 aromatic rings. The molecule has 0 saturated heterocycles. The van der Waals surface area contributed by atoms with Crippen LogP contribution in [0.25, 0.3) is 0 Å². The van der Waals surface area contributed by atoms with E-state index in [1.165, 1.54) is 0 Å². The minimum absolute atomic E-state index is 0.0883. The maximum Gasteiger partial charge on any atom is 0.119 e. The predicted octanol–water partition coefficient (Wildman–Crippen LogP) is 0.00550. The Labute approximate surface area is 59.5 Å². The second-order valence-corrected chi connectivity index (χ2v) is 2.84. The summed E-state index contributed by atoms with van der Waals surface area (Å²) < 4.78 is 1.77. The molecular weight excluding hydrogens is 130 g/mol. The van der Waals surface area contributed by atoms with E-state index in [2.05, 4.69) is 10.2 Å². The van der Waals surface area contributed by atoms with Crippen molar-refractivity contribution in [3.05, 3.63) is 12.7 Å². The molecule has 0 radical (unpaired) electrons. The van der Waals surface area contributed by atoms with Crippen LogP contribution in [-0.4, -0.2) is 26.5 Å². The third-order valence-corrected chi connectivity index (χ3v) is 1.50. The van der Waals surface area contributed by atoms with Gasteiger partial charge in [0.05, 0.1) is 12.1 Å². The van der Waals surface area contributed by atoms with Gasteiger partial charge in [0.1, 0.15) is 12.7 Å². The minimum Gasteiger partial charge on any atom is -0.394 e. The van der Waals surface area contributed by atoms with Crippen LogP contribution in [-0.2, 0) is 5.54 Å². The fourth-order valence-electron chi connectivity index (χ4n) is 0.595. The van der Waals surface area contributed by atoms with Gasteiger partial charge in [-0.15, -0.1) is 10.2 Å². The van der Waals surface area contributed by atoms with Crippen LogP contribution in [0.5, 0.6) is 0 Å². The van der Waals surface area contributed by atoms with Gasteiger partial charge in [-0.25, -0.2) is 0 Å². The van der Waals surface area contributed by atoms with Gasteiger partial charge in [0.2, 0.25) is 0 Å². The highest BCUT2D eigenvalue weighted by Crippen LogP contribution is 2.10. The van der Waals surface area contributed by atoms with Crippen LogP contribution in [0.15, 0.2) is 12.7 Å².